The molecule has 0 radical (unpaired) electrons. The molecule has 2 rings (SSSR count). The molecule has 0 amide bonds. The number of fused-ring (bicyclic) bond motifs is 1. The van der Waals surface area contributed by atoms with Crippen molar-refractivity contribution in [2.45, 2.75) is 38.6 Å². The molecule has 2 N–H and O–H groups in total. The fourth-order valence-electron chi connectivity index (χ4n) is 2.18. The maximum absolute atomic E-state index is 11.1. The fourth-order valence-corrected chi connectivity index (χ4v) is 2.18. The van der Waals surface area contributed by atoms with E-state index in [-0.39, 0.29) is 5.69 Å². The Morgan fingerprint density at radius 3 is 2.65 bits per heavy atom. The minimum absolute atomic E-state index is 0.00722. The quantitative estimate of drug-likeness (QED) is 0.822. The van der Waals surface area contributed by atoms with E-state index >= 15 is 0 Å². The van der Waals surface area contributed by atoms with Gasteiger partial charge in [0.1, 0.15) is 11.7 Å². The van der Waals surface area contributed by atoms with Gasteiger partial charge in [-0.3, -0.25) is 4.79 Å². The Labute approximate surface area is 97.9 Å². The Morgan fingerprint density at radius 1 is 1.35 bits per heavy atom. The second-order valence-corrected chi connectivity index (χ2v) is 4.24. The number of carbonyl (C=O) groups is 2. The largest absolute Gasteiger partial charge is 0.481 e. The van der Waals surface area contributed by atoms with Crippen molar-refractivity contribution in [3.8, 4) is 0 Å². The van der Waals surface area contributed by atoms with Crippen LogP contribution in [-0.4, -0.2) is 31.7 Å². The van der Waals surface area contributed by atoms with Crippen LogP contribution in [0.5, 0.6) is 0 Å². The highest BCUT2D eigenvalue weighted by Gasteiger charge is 2.28. The lowest BCUT2D eigenvalue weighted by atomic mass is 10.1. The molecule has 0 saturated carbocycles. The van der Waals surface area contributed by atoms with Crippen LogP contribution in [0.3, 0.4) is 0 Å². The molecule has 17 heavy (non-hydrogen) atoms. The molecule has 92 valence electrons. The Morgan fingerprint density at radius 2 is 2.06 bits per heavy atom. The topological polar surface area (TPSA) is 92.4 Å². The number of nitrogens with zero attached hydrogens (tertiary/aromatic N) is 2. The third-order valence-corrected chi connectivity index (χ3v) is 3.11. The highest BCUT2D eigenvalue weighted by Crippen LogP contribution is 2.25. The predicted octanol–water partition coefficient (Wildman–Crippen LogP) is 1.11. The van der Waals surface area contributed by atoms with E-state index in [1.807, 2.05) is 0 Å². The number of aliphatic carboxylic acids is 1. The molecule has 1 aromatic rings. The van der Waals surface area contributed by atoms with Crippen LogP contribution in [-0.2, 0) is 17.8 Å². The molecule has 1 aromatic heterocycles. The van der Waals surface area contributed by atoms with Crippen molar-refractivity contribution in [1.82, 2.24) is 9.55 Å². The van der Waals surface area contributed by atoms with E-state index in [1.165, 1.54) is 6.92 Å². The maximum Gasteiger partial charge on any atom is 0.356 e. The van der Waals surface area contributed by atoms with Gasteiger partial charge in [-0.15, -0.1) is 0 Å². The van der Waals surface area contributed by atoms with Crippen molar-refractivity contribution in [2.75, 3.05) is 0 Å². The summed E-state index contributed by atoms with van der Waals surface area (Å²) in [6.07, 6.45) is 2.51. The summed E-state index contributed by atoms with van der Waals surface area (Å²) in [7, 11) is 0. The zero-order valence-corrected chi connectivity index (χ0v) is 9.51. The molecule has 0 aromatic carbocycles. The standard InChI is InChI=1S/C11H14N2O4/c1-6(10(14)15)9-12-8(11(16)17)7-4-2-3-5-13(7)9/h6H,2-5H2,1H3,(H,14,15)(H,16,17). The van der Waals surface area contributed by atoms with Crippen molar-refractivity contribution in [1.29, 1.82) is 0 Å². The molecule has 0 spiro atoms. The molecular formula is C11H14N2O4. The molecule has 1 aliphatic rings. The molecule has 0 fully saturated rings. The van der Waals surface area contributed by atoms with Gasteiger partial charge in [-0.1, -0.05) is 0 Å². The van der Waals surface area contributed by atoms with Crippen molar-refractivity contribution in [3.05, 3.63) is 17.2 Å². The van der Waals surface area contributed by atoms with Gasteiger partial charge in [-0.25, -0.2) is 9.78 Å². The minimum atomic E-state index is -1.08. The second-order valence-electron chi connectivity index (χ2n) is 4.24. The molecule has 1 aliphatic heterocycles. The number of imidazole rings is 1. The first-order valence-electron chi connectivity index (χ1n) is 5.57. The van der Waals surface area contributed by atoms with Gasteiger partial charge < -0.3 is 14.8 Å². The smallest absolute Gasteiger partial charge is 0.356 e. The highest BCUT2D eigenvalue weighted by atomic mass is 16.4. The summed E-state index contributed by atoms with van der Waals surface area (Å²) in [5, 5.41) is 18.0. The number of carboxylic acids is 2. The normalized spacial score (nSPS) is 16.3. The Balaban J connectivity index is 2.53. The Kier molecular flexibility index (Phi) is 2.87. The van der Waals surface area contributed by atoms with Gasteiger partial charge in [0.15, 0.2) is 5.69 Å². The maximum atomic E-state index is 11.1. The van der Waals surface area contributed by atoms with Gasteiger partial charge in [-0.2, -0.15) is 0 Å². The van der Waals surface area contributed by atoms with E-state index in [2.05, 4.69) is 4.98 Å². The van der Waals surface area contributed by atoms with E-state index in [1.54, 1.807) is 4.57 Å². The van der Waals surface area contributed by atoms with E-state index < -0.39 is 17.9 Å². The zero-order valence-electron chi connectivity index (χ0n) is 9.51. The minimum Gasteiger partial charge on any atom is -0.481 e. The van der Waals surface area contributed by atoms with Crippen LogP contribution in [0.2, 0.25) is 0 Å². The van der Waals surface area contributed by atoms with E-state index in [0.29, 0.717) is 24.5 Å². The van der Waals surface area contributed by atoms with E-state index in [4.69, 9.17) is 10.2 Å². The van der Waals surface area contributed by atoms with Gasteiger partial charge >= 0.3 is 11.9 Å². The van der Waals surface area contributed by atoms with Crippen LogP contribution in [0.4, 0.5) is 0 Å². The second kappa shape index (κ2) is 4.20. The SMILES string of the molecule is CC(C(=O)O)c1nc(C(=O)O)c2n1CCCC2. The first-order chi connectivity index (χ1) is 8.02. The zero-order chi connectivity index (χ0) is 12.6. The molecule has 6 nitrogen and oxygen atoms in total. The number of hydrogen-bond acceptors (Lipinski definition) is 3. The number of rotatable bonds is 3. The lowest BCUT2D eigenvalue weighted by Crippen LogP contribution is -2.18. The Bertz CT molecular complexity index is 478. The molecular weight excluding hydrogens is 224 g/mol. The lowest BCUT2D eigenvalue weighted by Gasteiger charge is -2.18. The lowest BCUT2D eigenvalue weighted by molar-refractivity contribution is -0.138. The first-order valence-corrected chi connectivity index (χ1v) is 5.57. The first kappa shape index (κ1) is 11.6. The van der Waals surface area contributed by atoms with Gasteiger partial charge in [0.05, 0.1) is 5.69 Å². The van der Waals surface area contributed by atoms with Crippen LogP contribution >= 0.6 is 0 Å². The number of aromatic carboxylic acids is 1. The van der Waals surface area contributed by atoms with Crippen LogP contribution in [0.1, 0.15) is 47.7 Å². The monoisotopic (exact) mass is 238 g/mol. The number of hydrogen-bond donors (Lipinski definition) is 2. The summed E-state index contributed by atoms with van der Waals surface area (Å²) >= 11 is 0. The fraction of sp³-hybridized carbons (Fsp3) is 0.545. The molecule has 1 unspecified atom stereocenters. The van der Waals surface area contributed by atoms with Crippen LogP contribution < -0.4 is 0 Å². The highest BCUT2D eigenvalue weighted by molar-refractivity contribution is 5.87. The van der Waals surface area contributed by atoms with Gasteiger partial charge in [0, 0.05) is 6.54 Å². The molecule has 1 atom stereocenters. The van der Waals surface area contributed by atoms with Crippen molar-refractivity contribution < 1.29 is 19.8 Å². The van der Waals surface area contributed by atoms with Crippen molar-refractivity contribution in [2.24, 2.45) is 0 Å². The van der Waals surface area contributed by atoms with Crippen LogP contribution in [0.25, 0.3) is 0 Å². The Hall–Kier alpha value is -1.85. The molecule has 0 aliphatic carbocycles. The van der Waals surface area contributed by atoms with Gasteiger partial charge in [0.25, 0.3) is 0 Å². The van der Waals surface area contributed by atoms with Crippen molar-refractivity contribution >= 4 is 11.9 Å². The third-order valence-electron chi connectivity index (χ3n) is 3.11. The molecule has 0 saturated heterocycles. The third kappa shape index (κ3) is 1.90. The van der Waals surface area contributed by atoms with E-state index in [0.717, 1.165) is 12.8 Å². The van der Waals surface area contributed by atoms with Gasteiger partial charge in [0.2, 0.25) is 0 Å². The van der Waals surface area contributed by atoms with Gasteiger partial charge in [-0.05, 0) is 26.2 Å². The average Bonchev–Trinajstić information content (AvgIpc) is 2.67. The number of carboxylic acid groups (broad SMARTS) is 2. The number of aromatic nitrogens is 2. The molecule has 0 bridgehead atoms. The van der Waals surface area contributed by atoms with E-state index in [9.17, 15) is 9.59 Å². The predicted molar refractivity (Wildman–Crippen MR) is 58.2 cm³/mol. The van der Waals surface area contributed by atoms with Crippen molar-refractivity contribution in [3.63, 3.8) is 0 Å². The summed E-state index contributed by atoms with van der Waals surface area (Å²) in [6.45, 7) is 2.18. The average molecular weight is 238 g/mol. The van der Waals surface area contributed by atoms with Crippen LogP contribution in [0.15, 0.2) is 0 Å². The molecule has 6 heteroatoms. The summed E-state index contributed by atoms with van der Waals surface area (Å²) in [4.78, 5) is 26.0. The summed E-state index contributed by atoms with van der Waals surface area (Å²) in [6, 6.07) is 0. The summed E-state index contributed by atoms with van der Waals surface area (Å²) < 4.78 is 1.76. The summed E-state index contributed by atoms with van der Waals surface area (Å²) in [5.74, 6) is -2.50. The summed E-state index contributed by atoms with van der Waals surface area (Å²) in [5.41, 5.74) is 0.666. The van der Waals surface area contributed by atoms with Crippen LogP contribution in [0, 0.1) is 0 Å². The molecule has 2 heterocycles.